The number of nitriles is 1. The van der Waals surface area contributed by atoms with Gasteiger partial charge in [0.25, 0.3) is 0 Å². The summed E-state index contributed by atoms with van der Waals surface area (Å²) in [7, 11) is 0. The zero-order valence-electron chi connectivity index (χ0n) is 10.6. The molecular weight excluding hydrogens is 333 g/mol. The molecule has 2 aromatic rings. The van der Waals surface area contributed by atoms with E-state index in [1.807, 2.05) is 6.07 Å². The lowest BCUT2D eigenvalue weighted by atomic mass is 10.1. The van der Waals surface area contributed by atoms with Crippen LogP contribution in [0.4, 0.5) is 0 Å². The number of hydrogen-bond acceptors (Lipinski definition) is 3. The number of ketones is 1. The molecule has 0 aliphatic rings. The van der Waals surface area contributed by atoms with E-state index < -0.39 is 0 Å². The standard InChI is InChI=1S/C15H8Cl3NO2/c16-11-3-1-10(7-19)15(6-11)21-8-14(20)9-2-4-12(17)13(18)5-9/h1-6H,8H2. The summed E-state index contributed by atoms with van der Waals surface area (Å²) in [5.41, 5.74) is 0.686. The maximum atomic E-state index is 12.0. The molecule has 0 bridgehead atoms. The van der Waals surface area contributed by atoms with Crippen LogP contribution in [0, 0.1) is 11.3 Å². The molecule has 21 heavy (non-hydrogen) atoms. The maximum Gasteiger partial charge on any atom is 0.200 e. The van der Waals surface area contributed by atoms with E-state index in [-0.39, 0.29) is 18.1 Å². The Balaban J connectivity index is 2.13. The molecule has 0 aliphatic heterocycles. The molecule has 0 aliphatic carbocycles. The summed E-state index contributed by atoms with van der Waals surface area (Å²) in [5, 5.41) is 10.1. The first-order chi connectivity index (χ1) is 10.0. The van der Waals surface area contributed by atoms with Crippen LogP contribution in [0.3, 0.4) is 0 Å². The Morgan fingerprint density at radius 3 is 2.52 bits per heavy atom. The highest BCUT2D eigenvalue weighted by Crippen LogP contribution is 2.24. The monoisotopic (exact) mass is 339 g/mol. The number of ether oxygens (including phenoxy) is 1. The Labute approximate surface area is 136 Å². The normalized spacial score (nSPS) is 10.0. The highest BCUT2D eigenvalue weighted by Gasteiger charge is 2.11. The molecule has 6 heteroatoms. The number of rotatable bonds is 4. The molecule has 0 saturated carbocycles. The lowest BCUT2D eigenvalue weighted by Gasteiger charge is -2.08. The molecule has 0 spiro atoms. The van der Waals surface area contributed by atoms with Gasteiger partial charge < -0.3 is 4.74 Å². The number of Topliss-reactive ketones (excluding diaryl/α,β-unsaturated/α-hetero) is 1. The molecule has 0 heterocycles. The molecule has 106 valence electrons. The zero-order valence-corrected chi connectivity index (χ0v) is 12.8. The molecular formula is C15H8Cl3NO2. The summed E-state index contributed by atoms with van der Waals surface area (Å²) in [6.07, 6.45) is 0. The van der Waals surface area contributed by atoms with Gasteiger partial charge in [0, 0.05) is 16.7 Å². The summed E-state index contributed by atoms with van der Waals surface area (Å²) in [4.78, 5) is 12.0. The highest BCUT2D eigenvalue weighted by atomic mass is 35.5. The number of benzene rings is 2. The fourth-order valence-electron chi connectivity index (χ4n) is 1.60. The van der Waals surface area contributed by atoms with Gasteiger partial charge in [0.1, 0.15) is 11.8 Å². The molecule has 0 atom stereocenters. The molecule has 2 aromatic carbocycles. The lowest BCUT2D eigenvalue weighted by molar-refractivity contribution is 0.0921. The second-order valence-corrected chi connectivity index (χ2v) is 5.34. The van der Waals surface area contributed by atoms with Crippen molar-refractivity contribution in [1.82, 2.24) is 0 Å². The van der Waals surface area contributed by atoms with Gasteiger partial charge >= 0.3 is 0 Å². The van der Waals surface area contributed by atoms with Gasteiger partial charge in [-0.3, -0.25) is 4.79 Å². The van der Waals surface area contributed by atoms with E-state index in [4.69, 9.17) is 44.8 Å². The van der Waals surface area contributed by atoms with Crippen LogP contribution in [0.1, 0.15) is 15.9 Å². The van der Waals surface area contributed by atoms with Crippen LogP contribution in [-0.4, -0.2) is 12.4 Å². The maximum absolute atomic E-state index is 12.0. The van der Waals surface area contributed by atoms with E-state index >= 15 is 0 Å². The minimum absolute atomic E-state index is 0.229. The molecule has 0 radical (unpaired) electrons. The van der Waals surface area contributed by atoms with Gasteiger partial charge in [-0.15, -0.1) is 0 Å². The molecule has 0 N–H and O–H groups in total. The third kappa shape index (κ3) is 3.89. The summed E-state index contributed by atoms with van der Waals surface area (Å²) >= 11 is 17.5. The minimum Gasteiger partial charge on any atom is -0.484 e. The van der Waals surface area contributed by atoms with Crippen LogP contribution in [0.2, 0.25) is 15.1 Å². The molecule has 0 aromatic heterocycles. The van der Waals surface area contributed by atoms with Crippen molar-refractivity contribution in [2.24, 2.45) is 0 Å². The SMILES string of the molecule is N#Cc1ccc(Cl)cc1OCC(=O)c1ccc(Cl)c(Cl)c1. The van der Waals surface area contributed by atoms with E-state index in [1.54, 1.807) is 12.1 Å². The van der Waals surface area contributed by atoms with Crippen molar-refractivity contribution in [3.8, 4) is 11.8 Å². The topological polar surface area (TPSA) is 50.1 Å². The molecule has 0 amide bonds. The third-order valence-electron chi connectivity index (χ3n) is 2.66. The van der Waals surface area contributed by atoms with E-state index in [9.17, 15) is 4.79 Å². The smallest absolute Gasteiger partial charge is 0.200 e. The van der Waals surface area contributed by atoms with Crippen molar-refractivity contribution in [1.29, 1.82) is 5.26 Å². The van der Waals surface area contributed by atoms with E-state index in [0.717, 1.165) is 0 Å². The first-order valence-electron chi connectivity index (χ1n) is 5.82. The lowest BCUT2D eigenvalue weighted by Crippen LogP contribution is -2.12. The summed E-state index contributed by atoms with van der Waals surface area (Å²) in [6.45, 7) is -0.229. The van der Waals surface area contributed by atoms with Crippen LogP contribution < -0.4 is 4.74 Å². The van der Waals surface area contributed by atoms with Gasteiger partial charge in [0.15, 0.2) is 12.4 Å². The first kappa shape index (κ1) is 15.7. The second kappa shape index (κ2) is 6.82. The predicted octanol–water partition coefficient (Wildman–Crippen LogP) is 4.78. The van der Waals surface area contributed by atoms with Crippen molar-refractivity contribution in [3.63, 3.8) is 0 Å². The Kier molecular flexibility index (Phi) is 5.08. The summed E-state index contributed by atoms with van der Waals surface area (Å²) < 4.78 is 5.36. The number of nitrogens with zero attached hydrogens (tertiary/aromatic N) is 1. The van der Waals surface area contributed by atoms with Gasteiger partial charge in [0.2, 0.25) is 0 Å². The molecule has 3 nitrogen and oxygen atoms in total. The Morgan fingerprint density at radius 2 is 1.86 bits per heavy atom. The Bertz CT molecular complexity index is 738. The average Bonchev–Trinajstić information content (AvgIpc) is 2.47. The van der Waals surface area contributed by atoms with Crippen molar-refractivity contribution >= 4 is 40.6 Å². The van der Waals surface area contributed by atoms with Crippen molar-refractivity contribution in [2.75, 3.05) is 6.61 Å². The van der Waals surface area contributed by atoms with Gasteiger partial charge in [-0.25, -0.2) is 0 Å². The summed E-state index contributed by atoms with van der Waals surface area (Å²) in [6, 6.07) is 11.1. The average molecular weight is 341 g/mol. The third-order valence-corrected chi connectivity index (χ3v) is 3.64. The number of carbonyl (C=O) groups is 1. The van der Waals surface area contributed by atoms with Gasteiger partial charge in [-0.2, -0.15) is 5.26 Å². The minimum atomic E-state index is -0.280. The van der Waals surface area contributed by atoms with Crippen LogP contribution in [0.15, 0.2) is 36.4 Å². The van der Waals surface area contributed by atoms with Crippen LogP contribution in [0.5, 0.6) is 5.75 Å². The van der Waals surface area contributed by atoms with Gasteiger partial charge in [0.05, 0.1) is 15.6 Å². The number of hydrogen-bond donors (Lipinski definition) is 0. The van der Waals surface area contributed by atoms with Crippen molar-refractivity contribution < 1.29 is 9.53 Å². The van der Waals surface area contributed by atoms with Gasteiger partial charge in [-0.05, 0) is 30.3 Å². The predicted molar refractivity (Wildman–Crippen MR) is 82.5 cm³/mol. The fraction of sp³-hybridized carbons (Fsp3) is 0.0667. The summed E-state index contributed by atoms with van der Waals surface area (Å²) in [5.74, 6) is -0.0177. The van der Waals surface area contributed by atoms with Crippen LogP contribution >= 0.6 is 34.8 Å². The Hall–Kier alpha value is -1.73. The van der Waals surface area contributed by atoms with E-state index in [1.165, 1.54) is 24.3 Å². The largest absolute Gasteiger partial charge is 0.484 e. The first-order valence-corrected chi connectivity index (χ1v) is 6.95. The molecule has 2 rings (SSSR count). The van der Waals surface area contributed by atoms with Crippen LogP contribution in [0.25, 0.3) is 0 Å². The van der Waals surface area contributed by atoms with E-state index in [0.29, 0.717) is 26.2 Å². The van der Waals surface area contributed by atoms with Crippen LogP contribution in [-0.2, 0) is 0 Å². The zero-order chi connectivity index (χ0) is 15.4. The molecule has 0 unspecified atom stereocenters. The highest BCUT2D eigenvalue weighted by molar-refractivity contribution is 6.42. The second-order valence-electron chi connectivity index (χ2n) is 4.09. The van der Waals surface area contributed by atoms with Gasteiger partial charge in [-0.1, -0.05) is 34.8 Å². The number of carbonyl (C=O) groups excluding carboxylic acids is 1. The van der Waals surface area contributed by atoms with Crippen molar-refractivity contribution in [3.05, 3.63) is 62.6 Å². The Morgan fingerprint density at radius 1 is 1.10 bits per heavy atom. The van der Waals surface area contributed by atoms with Crippen molar-refractivity contribution in [2.45, 2.75) is 0 Å². The quantitative estimate of drug-likeness (QED) is 0.753. The molecule has 0 fully saturated rings. The van der Waals surface area contributed by atoms with E-state index in [2.05, 4.69) is 0 Å². The fourth-order valence-corrected chi connectivity index (χ4v) is 2.06. The number of halogens is 3. The molecule has 0 saturated heterocycles.